The molecule has 0 saturated heterocycles. The lowest BCUT2D eigenvalue weighted by Gasteiger charge is -2.18. The largest absolute Gasteiger partial charge is 0.398 e. The molecule has 0 saturated carbocycles. The zero-order valence-electron chi connectivity index (χ0n) is 7.92. The average molecular weight is 199 g/mol. The number of rotatable bonds is 2. The van der Waals surface area contributed by atoms with Crippen LogP contribution in [-0.4, -0.2) is 0 Å². The Kier molecular flexibility index (Phi) is 3.17. The van der Waals surface area contributed by atoms with Crippen LogP contribution in [0.1, 0.15) is 25.5 Å². The molecule has 1 aromatic rings. The molecule has 3 heteroatoms. The van der Waals surface area contributed by atoms with Crippen molar-refractivity contribution in [2.24, 2.45) is 11.7 Å². The fourth-order valence-corrected chi connectivity index (χ4v) is 1.37. The molecule has 0 bridgehead atoms. The minimum absolute atomic E-state index is 0.0429. The first-order chi connectivity index (χ1) is 6.02. The van der Waals surface area contributed by atoms with Gasteiger partial charge < -0.3 is 11.5 Å². The summed E-state index contributed by atoms with van der Waals surface area (Å²) < 4.78 is 0. The number of nitrogen functional groups attached to an aromatic ring is 1. The van der Waals surface area contributed by atoms with Crippen LogP contribution < -0.4 is 11.5 Å². The summed E-state index contributed by atoms with van der Waals surface area (Å²) in [6, 6.07) is 5.35. The first kappa shape index (κ1) is 10.4. The fourth-order valence-electron chi connectivity index (χ4n) is 1.19. The smallest absolute Gasteiger partial charge is 0.0410 e. The molecule has 1 rings (SSSR count). The van der Waals surface area contributed by atoms with Crippen LogP contribution in [0.25, 0.3) is 0 Å². The molecule has 0 aliphatic heterocycles. The molecule has 0 aliphatic carbocycles. The summed E-state index contributed by atoms with van der Waals surface area (Å²) in [4.78, 5) is 0. The molecule has 0 aliphatic rings. The van der Waals surface area contributed by atoms with E-state index >= 15 is 0 Å². The summed E-state index contributed by atoms with van der Waals surface area (Å²) in [5.74, 6) is 0.362. The van der Waals surface area contributed by atoms with E-state index in [0.29, 0.717) is 16.6 Å². The molecule has 0 radical (unpaired) electrons. The first-order valence-corrected chi connectivity index (χ1v) is 4.70. The molecule has 13 heavy (non-hydrogen) atoms. The van der Waals surface area contributed by atoms with Gasteiger partial charge in [0.1, 0.15) is 0 Å². The van der Waals surface area contributed by atoms with Crippen LogP contribution in [0.3, 0.4) is 0 Å². The van der Waals surface area contributed by atoms with E-state index in [2.05, 4.69) is 13.8 Å². The molecular formula is C10H15ClN2. The van der Waals surface area contributed by atoms with Crippen LogP contribution in [-0.2, 0) is 0 Å². The second kappa shape index (κ2) is 3.99. The van der Waals surface area contributed by atoms with Gasteiger partial charge in [-0.2, -0.15) is 0 Å². The van der Waals surface area contributed by atoms with E-state index in [1.165, 1.54) is 0 Å². The number of hydrogen-bond acceptors (Lipinski definition) is 2. The third kappa shape index (κ3) is 2.36. The van der Waals surface area contributed by atoms with E-state index in [0.717, 1.165) is 5.56 Å². The van der Waals surface area contributed by atoms with Gasteiger partial charge in [0.2, 0.25) is 0 Å². The normalized spacial score (nSPS) is 13.3. The minimum atomic E-state index is -0.0429. The van der Waals surface area contributed by atoms with Crippen molar-refractivity contribution in [3.8, 4) is 0 Å². The second-order valence-electron chi connectivity index (χ2n) is 3.54. The van der Waals surface area contributed by atoms with Gasteiger partial charge in [-0.1, -0.05) is 25.4 Å². The molecule has 1 atom stereocenters. The van der Waals surface area contributed by atoms with E-state index in [1.54, 1.807) is 12.1 Å². The standard InChI is InChI=1S/C10H15ClN2/c1-6(2)10(13)8-5-7(11)3-4-9(8)12/h3-6,10H,12-13H2,1-2H3. The fraction of sp³-hybridized carbons (Fsp3) is 0.400. The Balaban J connectivity index is 3.05. The van der Waals surface area contributed by atoms with Crippen molar-refractivity contribution in [2.75, 3.05) is 5.73 Å². The van der Waals surface area contributed by atoms with Crippen LogP contribution in [0.2, 0.25) is 5.02 Å². The average Bonchev–Trinajstić information content (AvgIpc) is 2.08. The van der Waals surface area contributed by atoms with Gasteiger partial charge in [-0.05, 0) is 29.7 Å². The Morgan fingerprint density at radius 2 is 1.92 bits per heavy atom. The Morgan fingerprint density at radius 1 is 1.31 bits per heavy atom. The molecule has 0 amide bonds. The Labute approximate surface area is 83.9 Å². The van der Waals surface area contributed by atoms with E-state index in [-0.39, 0.29) is 6.04 Å². The topological polar surface area (TPSA) is 52.0 Å². The van der Waals surface area contributed by atoms with Gasteiger partial charge in [-0.15, -0.1) is 0 Å². The van der Waals surface area contributed by atoms with Gasteiger partial charge >= 0.3 is 0 Å². The van der Waals surface area contributed by atoms with Crippen molar-refractivity contribution >= 4 is 17.3 Å². The van der Waals surface area contributed by atoms with Crippen LogP contribution in [0.4, 0.5) is 5.69 Å². The quantitative estimate of drug-likeness (QED) is 0.718. The van der Waals surface area contributed by atoms with Gasteiger partial charge in [0.05, 0.1) is 0 Å². The maximum atomic E-state index is 5.97. The van der Waals surface area contributed by atoms with Crippen molar-refractivity contribution in [3.05, 3.63) is 28.8 Å². The third-order valence-corrected chi connectivity index (χ3v) is 2.36. The second-order valence-corrected chi connectivity index (χ2v) is 3.98. The Bertz CT molecular complexity index is 297. The van der Waals surface area contributed by atoms with Gasteiger partial charge in [-0.25, -0.2) is 0 Å². The van der Waals surface area contributed by atoms with Crippen LogP contribution in [0, 0.1) is 5.92 Å². The maximum absolute atomic E-state index is 5.97. The predicted molar refractivity (Wildman–Crippen MR) is 57.6 cm³/mol. The summed E-state index contributed by atoms with van der Waals surface area (Å²) in [5, 5.41) is 0.681. The summed E-state index contributed by atoms with van der Waals surface area (Å²) >= 11 is 5.85. The van der Waals surface area contributed by atoms with E-state index in [9.17, 15) is 0 Å². The highest BCUT2D eigenvalue weighted by Crippen LogP contribution is 2.26. The van der Waals surface area contributed by atoms with Gasteiger partial charge in [-0.3, -0.25) is 0 Å². The van der Waals surface area contributed by atoms with Crippen molar-refractivity contribution in [1.29, 1.82) is 0 Å². The van der Waals surface area contributed by atoms with Crippen LogP contribution in [0.15, 0.2) is 18.2 Å². The number of halogens is 1. The maximum Gasteiger partial charge on any atom is 0.0410 e. The molecule has 1 unspecified atom stereocenters. The van der Waals surface area contributed by atoms with Crippen molar-refractivity contribution in [2.45, 2.75) is 19.9 Å². The van der Waals surface area contributed by atoms with E-state index < -0.39 is 0 Å². The van der Waals surface area contributed by atoms with Crippen molar-refractivity contribution < 1.29 is 0 Å². The molecule has 0 spiro atoms. The molecule has 0 fully saturated rings. The third-order valence-electron chi connectivity index (χ3n) is 2.13. The monoisotopic (exact) mass is 198 g/mol. The van der Waals surface area contributed by atoms with Crippen molar-refractivity contribution in [3.63, 3.8) is 0 Å². The molecule has 72 valence electrons. The van der Waals surface area contributed by atoms with Crippen LogP contribution >= 0.6 is 11.6 Å². The first-order valence-electron chi connectivity index (χ1n) is 4.33. The van der Waals surface area contributed by atoms with Crippen molar-refractivity contribution in [1.82, 2.24) is 0 Å². The molecule has 0 heterocycles. The highest BCUT2D eigenvalue weighted by molar-refractivity contribution is 6.30. The highest BCUT2D eigenvalue weighted by Gasteiger charge is 2.13. The molecule has 1 aromatic carbocycles. The summed E-state index contributed by atoms with van der Waals surface area (Å²) in [7, 11) is 0. The zero-order chi connectivity index (χ0) is 10.0. The lowest BCUT2D eigenvalue weighted by molar-refractivity contribution is 0.515. The number of hydrogen-bond donors (Lipinski definition) is 2. The molecule has 0 aromatic heterocycles. The SMILES string of the molecule is CC(C)C(N)c1cc(Cl)ccc1N. The Morgan fingerprint density at radius 3 is 2.46 bits per heavy atom. The number of benzene rings is 1. The summed E-state index contributed by atoms with van der Waals surface area (Å²) in [5.41, 5.74) is 13.4. The minimum Gasteiger partial charge on any atom is -0.398 e. The lowest BCUT2D eigenvalue weighted by atomic mass is 9.96. The van der Waals surface area contributed by atoms with E-state index in [1.807, 2.05) is 6.07 Å². The molecular weight excluding hydrogens is 184 g/mol. The lowest BCUT2D eigenvalue weighted by Crippen LogP contribution is -2.18. The number of anilines is 1. The van der Waals surface area contributed by atoms with Gasteiger partial charge in [0.25, 0.3) is 0 Å². The summed E-state index contributed by atoms with van der Waals surface area (Å²) in [6.07, 6.45) is 0. The van der Waals surface area contributed by atoms with Crippen LogP contribution in [0.5, 0.6) is 0 Å². The highest BCUT2D eigenvalue weighted by atomic mass is 35.5. The zero-order valence-corrected chi connectivity index (χ0v) is 8.68. The predicted octanol–water partition coefficient (Wildman–Crippen LogP) is 2.58. The van der Waals surface area contributed by atoms with Gasteiger partial charge in [0, 0.05) is 16.8 Å². The number of nitrogens with two attached hydrogens (primary N) is 2. The van der Waals surface area contributed by atoms with Gasteiger partial charge in [0.15, 0.2) is 0 Å². The summed E-state index contributed by atoms with van der Waals surface area (Å²) in [6.45, 7) is 4.12. The Hall–Kier alpha value is -0.730. The molecule has 2 nitrogen and oxygen atoms in total. The molecule has 4 N–H and O–H groups in total. The van der Waals surface area contributed by atoms with E-state index in [4.69, 9.17) is 23.1 Å².